The molecule has 4 rings (SSSR count). The van der Waals surface area contributed by atoms with E-state index in [1.54, 1.807) is 60.7 Å². The predicted molar refractivity (Wildman–Crippen MR) is 107 cm³/mol. The quantitative estimate of drug-likeness (QED) is 0.462. The Morgan fingerprint density at radius 1 is 0.862 bits per heavy atom. The molecule has 4 nitrogen and oxygen atoms in total. The average molecular weight is 388 g/mol. The molecule has 1 aliphatic carbocycles. The fourth-order valence-corrected chi connectivity index (χ4v) is 3.21. The molecule has 0 aliphatic heterocycles. The SMILES string of the molecule is COc1cc(C=C2C(=O)c3ccccc3C2=O)ccc1OCc1ccc(F)cc1. The van der Waals surface area contributed by atoms with Crippen molar-refractivity contribution in [3.8, 4) is 11.5 Å². The molecule has 0 unspecified atom stereocenters. The summed E-state index contributed by atoms with van der Waals surface area (Å²) in [5, 5.41) is 0. The number of allylic oxidation sites excluding steroid dienone is 1. The van der Waals surface area contributed by atoms with Crippen molar-refractivity contribution in [1.82, 2.24) is 0 Å². The third-order valence-electron chi connectivity index (χ3n) is 4.71. The Kier molecular flexibility index (Phi) is 4.96. The van der Waals surface area contributed by atoms with Crippen LogP contribution in [0, 0.1) is 5.82 Å². The summed E-state index contributed by atoms with van der Waals surface area (Å²) in [5.41, 5.74) is 2.46. The fraction of sp³-hybridized carbons (Fsp3) is 0.0833. The van der Waals surface area contributed by atoms with Gasteiger partial charge < -0.3 is 9.47 Å². The van der Waals surface area contributed by atoms with Crippen LogP contribution in [0.1, 0.15) is 31.8 Å². The summed E-state index contributed by atoms with van der Waals surface area (Å²) in [6.07, 6.45) is 1.57. The van der Waals surface area contributed by atoms with E-state index in [1.807, 2.05) is 0 Å². The molecule has 0 heterocycles. The minimum Gasteiger partial charge on any atom is -0.493 e. The van der Waals surface area contributed by atoms with Gasteiger partial charge in [0.1, 0.15) is 12.4 Å². The second kappa shape index (κ2) is 7.72. The van der Waals surface area contributed by atoms with E-state index >= 15 is 0 Å². The molecule has 0 amide bonds. The van der Waals surface area contributed by atoms with Crippen molar-refractivity contribution in [2.75, 3.05) is 7.11 Å². The van der Waals surface area contributed by atoms with Crippen LogP contribution in [0.4, 0.5) is 4.39 Å². The number of ketones is 2. The first kappa shape index (κ1) is 18.6. The first-order chi connectivity index (χ1) is 14.1. The van der Waals surface area contributed by atoms with Gasteiger partial charge in [-0.3, -0.25) is 9.59 Å². The zero-order valence-corrected chi connectivity index (χ0v) is 15.6. The number of Topliss-reactive ketones (excluding diaryl/α,β-unsaturated/α-hetero) is 2. The Morgan fingerprint density at radius 3 is 2.14 bits per heavy atom. The van der Waals surface area contributed by atoms with Gasteiger partial charge in [0.15, 0.2) is 23.1 Å². The van der Waals surface area contributed by atoms with Crippen molar-refractivity contribution in [3.05, 3.63) is 100 Å². The van der Waals surface area contributed by atoms with E-state index in [2.05, 4.69) is 0 Å². The first-order valence-corrected chi connectivity index (χ1v) is 9.02. The molecule has 3 aromatic rings. The van der Waals surface area contributed by atoms with Crippen LogP contribution in [0.25, 0.3) is 6.08 Å². The summed E-state index contributed by atoms with van der Waals surface area (Å²) in [6, 6.07) is 18.0. The average Bonchev–Trinajstić information content (AvgIpc) is 2.99. The monoisotopic (exact) mass is 388 g/mol. The summed E-state index contributed by atoms with van der Waals surface area (Å²) < 4.78 is 24.2. The van der Waals surface area contributed by atoms with Gasteiger partial charge in [-0.05, 0) is 41.5 Å². The number of benzene rings is 3. The highest BCUT2D eigenvalue weighted by Gasteiger charge is 2.32. The molecule has 0 bridgehead atoms. The molecule has 0 N–H and O–H groups in total. The Morgan fingerprint density at radius 2 is 1.52 bits per heavy atom. The van der Waals surface area contributed by atoms with Gasteiger partial charge in [-0.15, -0.1) is 0 Å². The van der Waals surface area contributed by atoms with E-state index in [0.29, 0.717) is 28.2 Å². The van der Waals surface area contributed by atoms with Crippen molar-refractivity contribution < 1.29 is 23.5 Å². The van der Waals surface area contributed by atoms with Gasteiger partial charge in [-0.1, -0.05) is 42.5 Å². The smallest absolute Gasteiger partial charge is 0.197 e. The number of halogens is 1. The molecule has 0 saturated carbocycles. The zero-order chi connectivity index (χ0) is 20.4. The maximum absolute atomic E-state index is 13.0. The van der Waals surface area contributed by atoms with Crippen molar-refractivity contribution in [3.63, 3.8) is 0 Å². The van der Waals surface area contributed by atoms with E-state index in [4.69, 9.17) is 9.47 Å². The van der Waals surface area contributed by atoms with E-state index in [0.717, 1.165) is 5.56 Å². The molecule has 0 spiro atoms. The van der Waals surface area contributed by atoms with Gasteiger partial charge >= 0.3 is 0 Å². The van der Waals surface area contributed by atoms with Crippen LogP contribution in [-0.4, -0.2) is 18.7 Å². The molecule has 0 atom stereocenters. The summed E-state index contributed by atoms with van der Waals surface area (Å²) >= 11 is 0. The highest BCUT2D eigenvalue weighted by atomic mass is 19.1. The van der Waals surface area contributed by atoms with E-state index in [1.165, 1.54) is 19.2 Å². The Balaban J connectivity index is 1.57. The van der Waals surface area contributed by atoms with Crippen LogP contribution in [0.15, 0.2) is 72.3 Å². The van der Waals surface area contributed by atoms with Crippen molar-refractivity contribution in [2.24, 2.45) is 0 Å². The van der Waals surface area contributed by atoms with Crippen molar-refractivity contribution >= 4 is 17.6 Å². The summed E-state index contributed by atoms with van der Waals surface area (Å²) in [5.74, 6) is 0.118. The molecule has 0 radical (unpaired) electrons. The largest absolute Gasteiger partial charge is 0.493 e. The number of ether oxygens (including phenoxy) is 2. The topological polar surface area (TPSA) is 52.6 Å². The van der Waals surface area contributed by atoms with Crippen LogP contribution in [-0.2, 0) is 6.61 Å². The number of carbonyl (C=O) groups is 2. The predicted octanol–water partition coefficient (Wildman–Crippen LogP) is 4.88. The lowest BCUT2D eigenvalue weighted by Gasteiger charge is -2.11. The Labute approximate surface area is 167 Å². The van der Waals surface area contributed by atoms with Crippen LogP contribution in [0.3, 0.4) is 0 Å². The number of rotatable bonds is 5. The number of methoxy groups -OCH3 is 1. The van der Waals surface area contributed by atoms with Gasteiger partial charge in [-0.2, -0.15) is 0 Å². The zero-order valence-electron chi connectivity index (χ0n) is 15.6. The summed E-state index contributed by atoms with van der Waals surface area (Å²) in [7, 11) is 1.51. The number of carbonyl (C=O) groups excluding carboxylic acids is 2. The van der Waals surface area contributed by atoms with Gasteiger partial charge in [0, 0.05) is 11.1 Å². The highest BCUT2D eigenvalue weighted by Crippen LogP contribution is 2.32. The van der Waals surface area contributed by atoms with Crippen molar-refractivity contribution in [2.45, 2.75) is 6.61 Å². The molecule has 0 fully saturated rings. The minimum absolute atomic E-state index is 0.133. The number of hydrogen-bond donors (Lipinski definition) is 0. The Hall–Kier alpha value is -3.73. The fourth-order valence-electron chi connectivity index (χ4n) is 3.21. The molecule has 0 aromatic heterocycles. The lowest BCUT2D eigenvalue weighted by atomic mass is 10.1. The third kappa shape index (κ3) is 3.67. The van der Waals surface area contributed by atoms with E-state index < -0.39 is 0 Å². The molecule has 29 heavy (non-hydrogen) atoms. The molecule has 3 aromatic carbocycles. The van der Waals surface area contributed by atoms with Crippen molar-refractivity contribution in [1.29, 1.82) is 0 Å². The van der Waals surface area contributed by atoms with Gasteiger partial charge in [0.25, 0.3) is 0 Å². The van der Waals surface area contributed by atoms with E-state index in [9.17, 15) is 14.0 Å². The number of hydrogen-bond acceptors (Lipinski definition) is 4. The van der Waals surface area contributed by atoms with Crippen LogP contribution in [0.5, 0.6) is 11.5 Å². The van der Waals surface area contributed by atoms with Gasteiger partial charge in [-0.25, -0.2) is 4.39 Å². The summed E-state index contributed by atoms with van der Waals surface area (Å²) in [4.78, 5) is 25.1. The van der Waals surface area contributed by atoms with Crippen LogP contribution < -0.4 is 9.47 Å². The van der Waals surface area contributed by atoms with E-state index in [-0.39, 0.29) is 29.6 Å². The standard InChI is InChI=1S/C24H17FO4/c1-28-22-13-16(8-11-21(22)29-14-15-6-9-17(25)10-7-15)12-20-23(26)18-4-2-3-5-19(18)24(20)27/h2-13H,14H2,1H3. The summed E-state index contributed by atoms with van der Waals surface area (Å²) in [6.45, 7) is 0.253. The maximum Gasteiger partial charge on any atom is 0.197 e. The first-order valence-electron chi connectivity index (χ1n) is 9.02. The van der Waals surface area contributed by atoms with Gasteiger partial charge in [0.05, 0.1) is 12.7 Å². The molecular weight excluding hydrogens is 371 g/mol. The minimum atomic E-state index is -0.304. The third-order valence-corrected chi connectivity index (χ3v) is 4.71. The lowest BCUT2D eigenvalue weighted by molar-refractivity contribution is 0.0990. The van der Waals surface area contributed by atoms with Gasteiger partial charge in [0.2, 0.25) is 0 Å². The molecule has 5 heteroatoms. The molecule has 1 aliphatic rings. The number of fused-ring (bicyclic) bond motifs is 1. The van der Waals surface area contributed by atoms with Crippen LogP contribution >= 0.6 is 0 Å². The Bertz CT molecular complexity index is 1090. The molecule has 144 valence electrons. The second-order valence-electron chi connectivity index (χ2n) is 6.59. The highest BCUT2D eigenvalue weighted by molar-refractivity contribution is 6.41. The normalized spacial score (nSPS) is 12.7. The second-order valence-corrected chi connectivity index (χ2v) is 6.59. The lowest BCUT2D eigenvalue weighted by Crippen LogP contribution is -2.01. The molecule has 0 saturated heterocycles. The van der Waals surface area contributed by atoms with Crippen LogP contribution in [0.2, 0.25) is 0 Å². The maximum atomic E-state index is 13.0. The molecular formula is C24H17FO4.